The fourth-order valence-corrected chi connectivity index (χ4v) is 7.09. The summed E-state index contributed by atoms with van der Waals surface area (Å²) in [4.78, 5) is 0. The summed E-state index contributed by atoms with van der Waals surface area (Å²) in [5.41, 5.74) is 3.95. The van der Waals surface area contributed by atoms with E-state index in [2.05, 4.69) is 52.0 Å². The van der Waals surface area contributed by atoms with Crippen LogP contribution < -0.4 is 0 Å². The Labute approximate surface area is 149 Å². The molecule has 0 spiro atoms. The highest BCUT2D eigenvalue weighted by molar-refractivity contribution is 5.33. The SMILES string of the molecule is CC(C)c1ccccc1C(CC12CC3CC(CC(C3)C1)C2)C(C)C. The largest absolute Gasteiger partial charge is 0.0622 e. The zero-order valence-electron chi connectivity index (χ0n) is 16.2. The van der Waals surface area contributed by atoms with Crippen LogP contribution in [0.15, 0.2) is 24.3 Å². The van der Waals surface area contributed by atoms with Crippen molar-refractivity contribution in [2.45, 2.75) is 84.5 Å². The van der Waals surface area contributed by atoms with Crippen molar-refractivity contribution < 1.29 is 0 Å². The van der Waals surface area contributed by atoms with E-state index in [0.29, 0.717) is 11.3 Å². The lowest BCUT2D eigenvalue weighted by molar-refractivity contribution is -0.0628. The molecule has 0 radical (unpaired) electrons. The zero-order valence-corrected chi connectivity index (χ0v) is 16.2. The van der Waals surface area contributed by atoms with Crippen molar-refractivity contribution in [2.24, 2.45) is 29.1 Å². The number of hydrogen-bond donors (Lipinski definition) is 0. The van der Waals surface area contributed by atoms with Crippen LogP contribution >= 0.6 is 0 Å². The van der Waals surface area contributed by atoms with Gasteiger partial charge in [0.15, 0.2) is 0 Å². The lowest BCUT2D eigenvalue weighted by atomic mass is 9.47. The molecule has 4 bridgehead atoms. The van der Waals surface area contributed by atoms with E-state index >= 15 is 0 Å². The molecule has 0 heterocycles. The third-order valence-electron chi connectivity index (χ3n) is 7.64. The Bertz CT molecular complexity index is 544. The minimum Gasteiger partial charge on any atom is -0.0622 e. The fraction of sp³-hybridized carbons (Fsp3) is 0.750. The van der Waals surface area contributed by atoms with Gasteiger partial charge in [0.05, 0.1) is 0 Å². The summed E-state index contributed by atoms with van der Waals surface area (Å²) in [5, 5.41) is 0. The Morgan fingerprint density at radius 3 is 1.79 bits per heavy atom. The fourth-order valence-electron chi connectivity index (χ4n) is 7.09. The van der Waals surface area contributed by atoms with Crippen LogP contribution in [0.25, 0.3) is 0 Å². The second-order valence-corrected chi connectivity index (χ2v) is 10.3. The molecule has 1 aromatic carbocycles. The summed E-state index contributed by atoms with van der Waals surface area (Å²) < 4.78 is 0. The first-order chi connectivity index (χ1) is 11.5. The van der Waals surface area contributed by atoms with E-state index in [1.807, 2.05) is 0 Å². The molecule has 0 amide bonds. The topological polar surface area (TPSA) is 0 Å². The van der Waals surface area contributed by atoms with Gasteiger partial charge in [0.2, 0.25) is 0 Å². The Balaban J connectivity index is 1.63. The van der Waals surface area contributed by atoms with E-state index in [1.54, 1.807) is 49.7 Å². The van der Waals surface area contributed by atoms with Crippen molar-refractivity contribution in [3.63, 3.8) is 0 Å². The maximum absolute atomic E-state index is 2.46. The molecule has 1 unspecified atom stereocenters. The normalized spacial score (nSPS) is 35.8. The molecule has 0 aromatic heterocycles. The van der Waals surface area contributed by atoms with Crippen LogP contribution in [0.3, 0.4) is 0 Å². The zero-order chi connectivity index (χ0) is 16.9. The van der Waals surface area contributed by atoms with Crippen LogP contribution in [0, 0.1) is 29.1 Å². The summed E-state index contributed by atoms with van der Waals surface area (Å²) in [7, 11) is 0. The van der Waals surface area contributed by atoms with E-state index < -0.39 is 0 Å². The first-order valence-corrected chi connectivity index (χ1v) is 10.5. The van der Waals surface area contributed by atoms with Crippen molar-refractivity contribution in [1.82, 2.24) is 0 Å². The van der Waals surface area contributed by atoms with Gasteiger partial charge in [-0.2, -0.15) is 0 Å². The highest BCUT2D eigenvalue weighted by Gasteiger charge is 2.51. The Kier molecular flexibility index (Phi) is 4.30. The molecule has 132 valence electrons. The number of hydrogen-bond acceptors (Lipinski definition) is 0. The van der Waals surface area contributed by atoms with Crippen molar-refractivity contribution in [1.29, 1.82) is 0 Å². The molecule has 24 heavy (non-hydrogen) atoms. The van der Waals surface area contributed by atoms with E-state index in [0.717, 1.165) is 29.6 Å². The standard InChI is InChI=1S/C24H36/c1-16(2)21-7-5-6-8-22(21)23(17(3)4)15-24-12-18-9-19(13-24)11-20(10-18)14-24/h5-8,16-20,23H,9-15H2,1-4H3. The molecule has 4 aliphatic rings. The van der Waals surface area contributed by atoms with Crippen LogP contribution in [0.5, 0.6) is 0 Å². The third-order valence-corrected chi connectivity index (χ3v) is 7.64. The van der Waals surface area contributed by atoms with E-state index in [9.17, 15) is 0 Å². The summed E-state index contributed by atoms with van der Waals surface area (Å²) >= 11 is 0. The molecule has 4 aliphatic carbocycles. The molecule has 0 aliphatic heterocycles. The van der Waals surface area contributed by atoms with Gasteiger partial charge in [0.1, 0.15) is 0 Å². The smallest absolute Gasteiger partial charge is 0.0131 e. The molecule has 0 N–H and O–H groups in total. The quantitative estimate of drug-likeness (QED) is 0.539. The third kappa shape index (κ3) is 2.95. The molecule has 4 saturated carbocycles. The van der Waals surface area contributed by atoms with Crippen LogP contribution in [-0.4, -0.2) is 0 Å². The first kappa shape index (κ1) is 16.7. The van der Waals surface area contributed by atoms with Crippen molar-refractivity contribution in [3.8, 4) is 0 Å². The predicted octanol–water partition coefficient (Wildman–Crippen LogP) is 7.16. The minimum absolute atomic E-state index is 0.638. The minimum atomic E-state index is 0.638. The van der Waals surface area contributed by atoms with Gasteiger partial charge in [-0.1, -0.05) is 52.0 Å². The maximum atomic E-state index is 2.46. The molecule has 0 nitrogen and oxygen atoms in total. The molecular weight excluding hydrogens is 288 g/mol. The second kappa shape index (κ2) is 6.19. The van der Waals surface area contributed by atoms with Crippen LogP contribution in [0.4, 0.5) is 0 Å². The highest BCUT2D eigenvalue weighted by atomic mass is 14.6. The predicted molar refractivity (Wildman–Crippen MR) is 103 cm³/mol. The van der Waals surface area contributed by atoms with Gasteiger partial charge in [-0.3, -0.25) is 0 Å². The highest BCUT2D eigenvalue weighted by Crippen LogP contribution is 2.63. The van der Waals surface area contributed by atoms with Gasteiger partial charge in [0.25, 0.3) is 0 Å². The first-order valence-electron chi connectivity index (χ1n) is 10.5. The van der Waals surface area contributed by atoms with Gasteiger partial charge < -0.3 is 0 Å². The Morgan fingerprint density at radius 1 is 0.833 bits per heavy atom. The monoisotopic (exact) mass is 324 g/mol. The van der Waals surface area contributed by atoms with Crippen molar-refractivity contribution in [3.05, 3.63) is 35.4 Å². The van der Waals surface area contributed by atoms with Crippen LogP contribution in [0.1, 0.15) is 95.6 Å². The van der Waals surface area contributed by atoms with Crippen LogP contribution in [0.2, 0.25) is 0 Å². The summed E-state index contributed by atoms with van der Waals surface area (Å²) in [6, 6.07) is 9.34. The van der Waals surface area contributed by atoms with E-state index in [1.165, 1.54) is 6.42 Å². The molecular formula is C24H36. The Morgan fingerprint density at radius 2 is 1.33 bits per heavy atom. The molecule has 1 aromatic rings. The van der Waals surface area contributed by atoms with E-state index in [4.69, 9.17) is 0 Å². The summed E-state index contributed by atoms with van der Waals surface area (Å²) in [6.45, 7) is 9.65. The van der Waals surface area contributed by atoms with Crippen molar-refractivity contribution >= 4 is 0 Å². The summed E-state index contributed by atoms with van der Waals surface area (Å²) in [5.74, 6) is 5.36. The molecule has 4 fully saturated rings. The maximum Gasteiger partial charge on any atom is -0.0131 e. The second-order valence-electron chi connectivity index (χ2n) is 10.3. The van der Waals surface area contributed by atoms with Gasteiger partial charge in [-0.15, -0.1) is 0 Å². The number of benzene rings is 1. The Hall–Kier alpha value is -0.780. The number of rotatable bonds is 5. The lowest BCUT2D eigenvalue weighted by Gasteiger charge is -2.58. The molecule has 1 atom stereocenters. The van der Waals surface area contributed by atoms with Crippen LogP contribution in [-0.2, 0) is 0 Å². The lowest BCUT2D eigenvalue weighted by Crippen LogP contribution is -2.46. The van der Waals surface area contributed by atoms with Gasteiger partial charge in [0, 0.05) is 0 Å². The molecule has 5 rings (SSSR count). The summed E-state index contributed by atoms with van der Waals surface area (Å²) in [6.07, 6.45) is 10.8. The van der Waals surface area contributed by atoms with Gasteiger partial charge in [-0.25, -0.2) is 0 Å². The average Bonchev–Trinajstić information content (AvgIpc) is 2.51. The molecule has 0 saturated heterocycles. The van der Waals surface area contributed by atoms with Crippen molar-refractivity contribution in [2.75, 3.05) is 0 Å². The van der Waals surface area contributed by atoms with E-state index in [-0.39, 0.29) is 0 Å². The average molecular weight is 325 g/mol. The molecule has 0 heteroatoms. The van der Waals surface area contributed by atoms with Gasteiger partial charge in [-0.05, 0) is 97.0 Å². The van der Waals surface area contributed by atoms with Gasteiger partial charge >= 0.3 is 0 Å².